The van der Waals surface area contributed by atoms with Crippen LogP contribution < -0.4 is 10.1 Å². The Morgan fingerprint density at radius 1 is 1.47 bits per heavy atom. The number of nitrogens with zero attached hydrogens (tertiary/aromatic N) is 2. The highest BCUT2D eigenvalue weighted by atomic mass is 19.3. The third kappa shape index (κ3) is 4.22. The largest absolute Gasteiger partial charge is 0.457 e. The molecule has 17 heavy (non-hydrogen) atoms. The molecule has 1 saturated carbocycles. The van der Waals surface area contributed by atoms with Crippen molar-refractivity contribution < 1.29 is 13.5 Å². The molecular weight excluding hydrogens is 228 g/mol. The van der Waals surface area contributed by atoms with Crippen molar-refractivity contribution in [2.45, 2.75) is 38.8 Å². The van der Waals surface area contributed by atoms with Crippen LogP contribution in [0.5, 0.6) is 6.01 Å². The summed E-state index contributed by atoms with van der Waals surface area (Å²) in [6, 6.07) is 2.43. The fourth-order valence-corrected chi connectivity index (χ4v) is 1.43. The summed E-state index contributed by atoms with van der Waals surface area (Å²) in [4.78, 5) is 8.03. The maximum Gasteiger partial charge on any atom is 0.317 e. The Bertz CT molecular complexity index is 359. The number of rotatable bonds is 6. The predicted molar refractivity (Wildman–Crippen MR) is 58.1 cm³/mol. The standard InChI is InChI=1S/C11H15F2N3O/c1-7-4-9(5-14-8-2-3-8)16-11(15-7)17-6-10(12)13/h4,8,10,14H,2-3,5-6H2,1H3. The zero-order chi connectivity index (χ0) is 12.3. The summed E-state index contributed by atoms with van der Waals surface area (Å²) < 4.78 is 28.8. The summed E-state index contributed by atoms with van der Waals surface area (Å²) in [5.41, 5.74) is 1.49. The van der Waals surface area contributed by atoms with Crippen LogP contribution in [-0.2, 0) is 6.54 Å². The van der Waals surface area contributed by atoms with Crippen molar-refractivity contribution >= 4 is 0 Å². The number of halogens is 2. The van der Waals surface area contributed by atoms with Crippen molar-refractivity contribution in [3.8, 4) is 6.01 Å². The van der Waals surface area contributed by atoms with Gasteiger partial charge in [0.1, 0.15) is 0 Å². The SMILES string of the molecule is Cc1cc(CNC2CC2)nc(OCC(F)F)n1. The third-order valence-electron chi connectivity index (χ3n) is 2.37. The predicted octanol–water partition coefficient (Wildman–Crippen LogP) is 1.68. The lowest BCUT2D eigenvalue weighted by molar-refractivity contribution is 0.0767. The number of ether oxygens (including phenoxy) is 1. The number of hydrogen-bond donors (Lipinski definition) is 1. The molecule has 1 N–H and O–H groups in total. The molecule has 0 aliphatic heterocycles. The first-order chi connectivity index (χ1) is 8.13. The van der Waals surface area contributed by atoms with Crippen LogP contribution in [0.2, 0.25) is 0 Å². The highest BCUT2D eigenvalue weighted by molar-refractivity contribution is 5.13. The van der Waals surface area contributed by atoms with Gasteiger partial charge in [0, 0.05) is 18.3 Å². The van der Waals surface area contributed by atoms with Crippen molar-refractivity contribution in [1.29, 1.82) is 0 Å². The fourth-order valence-electron chi connectivity index (χ4n) is 1.43. The molecule has 1 aromatic heterocycles. The van der Waals surface area contributed by atoms with E-state index in [1.807, 2.05) is 6.07 Å². The molecule has 1 heterocycles. The van der Waals surface area contributed by atoms with Crippen LogP contribution >= 0.6 is 0 Å². The minimum Gasteiger partial charge on any atom is -0.457 e. The van der Waals surface area contributed by atoms with Gasteiger partial charge in [-0.1, -0.05) is 0 Å². The summed E-state index contributed by atoms with van der Waals surface area (Å²) >= 11 is 0. The van der Waals surface area contributed by atoms with E-state index in [4.69, 9.17) is 4.74 Å². The lowest BCUT2D eigenvalue weighted by Crippen LogP contribution is -2.17. The van der Waals surface area contributed by atoms with Crippen LogP contribution in [0.3, 0.4) is 0 Å². The van der Waals surface area contributed by atoms with E-state index in [1.165, 1.54) is 12.8 Å². The average Bonchev–Trinajstić information content (AvgIpc) is 3.07. The van der Waals surface area contributed by atoms with Gasteiger partial charge in [-0.15, -0.1) is 0 Å². The van der Waals surface area contributed by atoms with E-state index in [9.17, 15) is 8.78 Å². The molecule has 0 aromatic carbocycles. The zero-order valence-corrected chi connectivity index (χ0v) is 9.62. The monoisotopic (exact) mass is 243 g/mol. The van der Waals surface area contributed by atoms with Crippen LogP contribution in [0.15, 0.2) is 6.07 Å². The van der Waals surface area contributed by atoms with Gasteiger partial charge in [-0.05, 0) is 25.8 Å². The van der Waals surface area contributed by atoms with Crippen LogP contribution in [0.1, 0.15) is 24.2 Å². The van der Waals surface area contributed by atoms with Crippen LogP contribution in [0.25, 0.3) is 0 Å². The van der Waals surface area contributed by atoms with E-state index >= 15 is 0 Å². The summed E-state index contributed by atoms with van der Waals surface area (Å²) in [6.45, 7) is 1.75. The van der Waals surface area contributed by atoms with E-state index in [0.29, 0.717) is 12.6 Å². The van der Waals surface area contributed by atoms with E-state index in [-0.39, 0.29) is 6.01 Å². The van der Waals surface area contributed by atoms with E-state index in [2.05, 4.69) is 15.3 Å². The Morgan fingerprint density at radius 2 is 2.24 bits per heavy atom. The van der Waals surface area contributed by atoms with Gasteiger partial charge in [0.2, 0.25) is 0 Å². The number of aromatic nitrogens is 2. The highest BCUT2D eigenvalue weighted by Gasteiger charge is 2.20. The molecule has 0 unspecified atom stereocenters. The molecule has 0 bridgehead atoms. The summed E-state index contributed by atoms with van der Waals surface area (Å²) in [7, 11) is 0. The highest BCUT2D eigenvalue weighted by Crippen LogP contribution is 2.19. The zero-order valence-electron chi connectivity index (χ0n) is 9.62. The molecule has 0 amide bonds. The lowest BCUT2D eigenvalue weighted by atomic mass is 10.3. The molecule has 1 aliphatic carbocycles. The van der Waals surface area contributed by atoms with Gasteiger partial charge >= 0.3 is 6.01 Å². The Labute approximate surface area is 98.4 Å². The van der Waals surface area contributed by atoms with Crippen molar-refractivity contribution in [1.82, 2.24) is 15.3 Å². The topological polar surface area (TPSA) is 47.0 Å². The summed E-state index contributed by atoms with van der Waals surface area (Å²) in [5.74, 6) is 0. The number of alkyl halides is 2. The summed E-state index contributed by atoms with van der Waals surface area (Å²) in [5, 5.41) is 3.30. The normalized spacial score (nSPS) is 15.3. The summed E-state index contributed by atoms with van der Waals surface area (Å²) in [6.07, 6.45) is -0.121. The second-order valence-electron chi connectivity index (χ2n) is 4.14. The van der Waals surface area contributed by atoms with Crippen LogP contribution in [0, 0.1) is 6.92 Å². The molecule has 0 spiro atoms. The second-order valence-corrected chi connectivity index (χ2v) is 4.14. The number of hydrogen-bond acceptors (Lipinski definition) is 4. The Balaban J connectivity index is 1.94. The maximum absolute atomic E-state index is 12.0. The molecule has 0 saturated heterocycles. The molecule has 1 aromatic rings. The van der Waals surface area contributed by atoms with Gasteiger partial charge in [-0.2, -0.15) is 4.98 Å². The minimum absolute atomic E-state index is 0.0258. The van der Waals surface area contributed by atoms with Gasteiger partial charge in [0.25, 0.3) is 6.43 Å². The maximum atomic E-state index is 12.0. The fraction of sp³-hybridized carbons (Fsp3) is 0.636. The van der Waals surface area contributed by atoms with Crippen LogP contribution in [0.4, 0.5) is 8.78 Å². The smallest absolute Gasteiger partial charge is 0.317 e. The minimum atomic E-state index is -2.51. The molecule has 1 aliphatic rings. The molecule has 1 fully saturated rings. The first kappa shape index (κ1) is 12.2. The van der Waals surface area contributed by atoms with Gasteiger partial charge in [0.05, 0.1) is 5.69 Å². The molecule has 2 rings (SSSR count). The average molecular weight is 243 g/mol. The van der Waals surface area contributed by atoms with Crippen molar-refractivity contribution in [3.05, 3.63) is 17.5 Å². The van der Waals surface area contributed by atoms with Gasteiger partial charge < -0.3 is 10.1 Å². The molecule has 0 atom stereocenters. The number of nitrogens with one attached hydrogen (secondary N) is 1. The quantitative estimate of drug-likeness (QED) is 0.825. The van der Waals surface area contributed by atoms with Crippen molar-refractivity contribution in [2.24, 2.45) is 0 Å². The first-order valence-electron chi connectivity index (χ1n) is 5.62. The van der Waals surface area contributed by atoms with E-state index in [0.717, 1.165) is 11.4 Å². The van der Waals surface area contributed by atoms with Gasteiger partial charge in [-0.3, -0.25) is 0 Å². The first-order valence-corrected chi connectivity index (χ1v) is 5.62. The Kier molecular flexibility index (Phi) is 3.83. The Hall–Kier alpha value is -1.30. The lowest BCUT2D eigenvalue weighted by Gasteiger charge is -2.07. The molecule has 94 valence electrons. The van der Waals surface area contributed by atoms with Crippen molar-refractivity contribution in [2.75, 3.05) is 6.61 Å². The molecule has 4 nitrogen and oxygen atoms in total. The van der Waals surface area contributed by atoms with E-state index in [1.54, 1.807) is 6.92 Å². The van der Waals surface area contributed by atoms with Crippen LogP contribution in [-0.4, -0.2) is 29.0 Å². The van der Waals surface area contributed by atoms with Gasteiger partial charge in [0.15, 0.2) is 6.61 Å². The molecule has 0 radical (unpaired) electrons. The van der Waals surface area contributed by atoms with Crippen molar-refractivity contribution in [3.63, 3.8) is 0 Å². The Morgan fingerprint density at radius 3 is 2.88 bits per heavy atom. The molecular formula is C11H15F2N3O. The van der Waals surface area contributed by atoms with E-state index < -0.39 is 13.0 Å². The molecule has 6 heteroatoms. The third-order valence-corrected chi connectivity index (χ3v) is 2.37. The number of aryl methyl sites for hydroxylation is 1. The van der Waals surface area contributed by atoms with Gasteiger partial charge in [-0.25, -0.2) is 13.8 Å². The second kappa shape index (κ2) is 5.35.